The quantitative estimate of drug-likeness (QED) is 0.155. The molecule has 10 nitrogen and oxygen atoms in total. The predicted molar refractivity (Wildman–Crippen MR) is 155 cm³/mol. The van der Waals surface area contributed by atoms with E-state index in [-0.39, 0.29) is 18.4 Å². The number of carboxylic acid groups (broad SMARTS) is 1. The Morgan fingerprint density at radius 1 is 0.786 bits per heavy atom. The highest BCUT2D eigenvalue weighted by Gasteiger charge is 2.41. The normalized spacial score (nSPS) is 17.6. The first kappa shape index (κ1) is 32.8. The summed E-state index contributed by atoms with van der Waals surface area (Å²) in [5.74, 6) is 1.80. The molecular weight excluding hydrogens is 542 g/mol. The lowest BCUT2D eigenvalue weighted by Gasteiger charge is -2.46. The summed E-state index contributed by atoms with van der Waals surface area (Å²) in [7, 11) is 10.3. The number of hydrogen-bond acceptors (Lipinski definition) is 9. The summed E-state index contributed by atoms with van der Waals surface area (Å²) in [5.41, 5.74) is 3.33. The average Bonchev–Trinajstić information content (AvgIpc) is 2.99. The van der Waals surface area contributed by atoms with Gasteiger partial charge < -0.3 is 42.8 Å². The summed E-state index contributed by atoms with van der Waals surface area (Å²) < 4.78 is 34.5. The van der Waals surface area contributed by atoms with Crippen LogP contribution < -0.4 is 28.8 Å². The average molecular weight is 588 g/mol. The van der Waals surface area contributed by atoms with Gasteiger partial charge in [0.2, 0.25) is 5.75 Å². The Bertz CT molecular complexity index is 1190. The first-order valence-corrected chi connectivity index (χ1v) is 14.5. The summed E-state index contributed by atoms with van der Waals surface area (Å²) in [6, 6.07) is 8.04. The number of esters is 1. The number of carboxylic acids is 1. The second kappa shape index (κ2) is 15.5. The number of carbonyl (C=O) groups is 2. The molecule has 0 unspecified atom stereocenters. The van der Waals surface area contributed by atoms with Gasteiger partial charge in [-0.25, -0.2) is 0 Å². The van der Waals surface area contributed by atoms with Crippen LogP contribution in [0, 0.1) is 0 Å². The van der Waals surface area contributed by atoms with Crippen molar-refractivity contribution in [3.8, 4) is 28.7 Å². The number of likely N-dealkylation sites (N-methyl/N-ethyl adjacent to an activating group) is 1. The molecule has 2 atom stereocenters. The zero-order valence-electron chi connectivity index (χ0n) is 25.8. The van der Waals surface area contributed by atoms with E-state index in [4.69, 9.17) is 28.4 Å². The van der Waals surface area contributed by atoms with Crippen molar-refractivity contribution in [2.75, 3.05) is 62.3 Å². The van der Waals surface area contributed by atoms with Crippen molar-refractivity contribution in [3.05, 3.63) is 41.0 Å². The van der Waals surface area contributed by atoms with E-state index >= 15 is 0 Å². The van der Waals surface area contributed by atoms with Crippen molar-refractivity contribution in [1.29, 1.82) is 0 Å². The van der Waals surface area contributed by atoms with Gasteiger partial charge in [0.15, 0.2) is 23.0 Å². The Morgan fingerprint density at radius 2 is 1.38 bits per heavy atom. The summed E-state index contributed by atoms with van der Waals surface area (Å²) in [6.07, 6.45) is 4.75. The Morgan fingerprint density at radius 3 is 1.95 bits per heavy atom. The van der Waals surface area contributed by atoms with Gasteiger partial charge >= 0.3 is 5.97 Å². The van der Waals surface area contributed by atoms with Crippen LogP contribution in [0.2, 0.25) is 0 Å². The van der Waals surface area contributed by atoms with Gasteiger partial charge in [0.1, 0.15) is 6.04 Å². The summed E-state index contributed by atoms with van der Waals surface area (Å²) in [4.78, 5) is 22.8. The first-order chi connectivity index (χ1) is 20.2. The first-order valence-electron chi connectivity index (χ1n) is 14.5. The molecule has 1 heterocycles. The number of hydrogen-bond donors (Lipinski definition) is 0. The molecule has 0 N–H and O–H groups in total. The molecule has 0 saturated heterocycles. The number of fused-ring (bicyclic) bond motifs is 1. The molecular formula is C32H45NO9. The van der Waals surface area contributed by atoms with Gasteiger partial charge in [-0.1, -0.05) is 12.8 Å². The summed E-state index contributed by atoms with van der Waals surface area (Å²) in [6.45, 7) is 1.97. The molecule has 0 radical (unpaired) electrons. The molecule has 0 fully saturated rings. The molecule has 0 saturated carbocycles. The van der Waals surface area contributed by atoms with Crippen LogP contribution in [0.25, 0.3) is 0 Å². The number of ether oxygens (including phenoxy) is 6. The van der Waals surface area contributed by atoms with E-state index in [0.29, 0.717) is 65.5 Å². The maximum Gasteiger partial charge on any atom is 0.305 e. The number of methoxy groups -OCH3 is 5. The van der Waals surface area contributed by atoms with Gasteiger partial charge in [-0.3, -0.25) is 4.79 Å². The van der Waals surface area contributed by atoms with Crippen molar-refractivity contribution in [2.24, 2.45) is 0 Å². The van der Waals surface area contributed by atoms with Crippen molar-refractivity contribution in [2.45, 2.75) is 57.4 Å². The molecule has 42 heavy (non-hydrogen) atoms. The molecule has 10 heteroatoms. The van der Waals surface area contributed by atoms with Crippen LogP contribution in [-0.2, 0) is 20.7 Å². The molecule has 1 aliphatic heterocycles. The fourth-order valence-corrected chi connectivity index (χ4v) is 5.86. The number of unbranched alkanes of at least 4 members (excludes halogenated alkanes) is 3. The van der Waals surface area contributed by atoms with Gasteiger partial charge in [-0.05, 0) is 49.1 Å². The topological polar surface area (TPSA) is 113 Å². The van der Waals surface area contributed by atoms with Gasteiger partial charge in [0.05, 0.1) is 62.3 Å². The van der Waals surface area contributed by atoms with Crippen molar-refractivity contribution < 1.29 is 47.6 Å². The van der Waals surface area contributed by atoms with Crippen LogP contribution in [-0.4, -0.2) is 78.7 Å². The number of rotatable bonds is 17. The van der Waals surface area contributed by atoms with E-state index in [1.165, 1.54) is 5.56 Å². The third kappa shape index (κ3) is 8.00. The van der Waals surface area contributed by atoms with Crippen LogP contribution in [0.4, 0.5) is 0 Å². The van der Waals surface area contributed by atoms with Crippen LogP contribution in [0.5, 0.6) is 28.7 Å². The van der Waals surface area contributed by atoms with Gasteiger partial charge in [0, 0.05) is 36.4 Å². The fraction of sp³-hybridized carbons (Fsp3) is 0.562. The minimum absolute atomic E-state index is 0.0589. The van der Waals surface area contributed by atoms with Crippen molar-refractivity contribution >= 4 is 11.9 Å². The molecule has 0 amide bonds. The Kier molecular flexibility index (Phi) is 12.2. The largest absolute Gasteiger partial charge is 0.550 e. The SMILES string of the molecule is COc1cc2c(cc1OC)[C@H](c1cc(OC)c(OC)c(OC)c1)[N@+](C)(CCCOC(=O)CCCCCCC(=O)[O-])CC2. The van der Waals surface area contributed by atoms with Gasteiger partial charge in [0.25, 0.3) is 0 Å². The Hall–Kier alpha value is -3.66. The van der Waals surface area contributed by atoms with E-state index in [1.54, 1.807) is 35.5 Å². The third-order valence-corrected chi connectivity index (χ3v) is 8.05. The lowest BCUT2D eigenvalue weighted by molar-refractivity contribution is -0.935. The maximum atomic E-state index is 12.3. The molecule has 2 aromatic rings. The second-order valence-electron chi connectivity index (χ2n) is 10.8. The Balaban J connectivity index is 1.80. The zero-order chi connectivity index (χ0) is 30.7. The van der Waals surface area contributed by atoms with Crippen LogP contribution >= 0.6 is 0 Å². The minimum atomic E-state index is -1.03. The molecule has 0 aliphatic carbocycles. The molecule has 2 aromatic carbocycles. The molecule has 232 valence electrons. The second-order valence-corrected chi connectivity index (χ2v) is 10.8. The number of quaternary nitrogens is 1. The van der Waals surface area contributed by atoms with Gasteiger partial charge in [-0.15, -0.1) is 0 Å². The van der Waals surface area contributed by atoms with Crippen molar-refractivity contribution in [1.82, 2.24) is 0 Å². The van der Waals surface area contributed by atoms with E-state index in [9.17, 15) is 14.7 Å². The van der Waals surface area contributed by atoms with Crippen LogP contribution in [0.3, 0.4) is 0 Å². The standard InChI is InChI=1S/C32H45NO9/c1-33(15-11-17-42-30(36)13-10-8-7-9-12-29(34)35)16-14-22-18-25(37-2)26(38-3)21-24(22)31(33)23-19-27(39-4)32(41-6)28(20-23)40-5/h18-21,31H,7-17H2,1-6H3/t31-,33+/m0/s1. The predicted octanol–water partition coefficient (Wildman–Crippen LogP) is 3.85. The van der Waals surface area contributed by atoms with E-state index in [2.05, 4.69) is 19.2 Å². The van der Waals surface area contributed by atoms with Gasteiger partial charge in [-0.2, -0.15) is 0 Å². The summed E-state index contributed by atoms with van der Waals surface area (Å²) >= 11 is 0. The third-order valence-electron chi connectivity index (χ3n) is 8.05. The number of nitrogens with zero attached hydrogens (tertiary/aromatic N) is 1. The molecule has 0 aromatic heterocycles. The monoisotopic (exact) mass is 587 g/mol. The molecule has 3 rings (SSSR count). The number of aliphatic carboxylic acids is 1. The Labute approximate surface area is 249 Å². The smallest absolute Gasteiger partial charge is 0.305 e. The van der Waals surface area contributed by atoms with Crippen LogP contribution in [0.1, 0.15) is 67.7 Å². The lowest BCUT2D eigenvalue weighted by Crippen LogP contribution is -2.52. The highest BCUT2D eigenvalue weighted by atomic mass is 16.5. The molecule has 1 aliphatic rings. The maximum absolute atomic E-state index is 12.3. The minimum Gasteiger partial charge on any atom is -0.550 e. The highest BCUT2D eigenvalue weighted by molar-refractivity contribution is 5.69. The highest BCUT2D eigenvalue weighted by Crippen LogP contribution is 2.48. The number of carbonyl (C=O) groups excluding carboxylic acids is 2. The van der Waals surface area contributed by atoms with Crippen molar-refractivity contribution in [3.63, 3.8) is 0 Å². The molecule has 0 bridgehead atoms. The lowest BCUT2D eigenvalue weighted by atomic mass is 9.85. The van der Waals surface area contributed by atoms with E-state index in [0.717, 1.165) is 43.5 Å². The van der Waals surface area contributed by atoms with Crippen LogP contribution in [0.15, 0.2) is 24.3 Å². The van der Waals surface area contributed by atoms with E-state index < -0.39 is 5.97 Å². The summed E-state index contributed by atoms with van der Waals surface area (Å²) in [5, 5.41) is 10.5. The van der Waals surface area contributed by atoms with E-state index in [1.807, 2.05) is 12.1 Å². The number of benzene rings is 2. The fourth-order valence-electron chi connectivity index (χ4n) is 5.86. The molecule has 0 spiro atoms. The zero-order valence-corrected chi connectivity index (χ0v) is 25.8.